The van der Waals surface area contributed by atoms with Gasteiger partial charge < -0.3 is 24.3 Å². The second-order valence-electron chi connectivity index (χ2n) is 8.55. The third-order valence-corrected chi connectivity index (χ3v) is 6.53. The summed E-state index contributed by atoms with van der Waals surface area (Å²) in [5.41, 5.74) is 3.57. The molecule has 4 heterocycles. The summed E-state index contributed by atoms with van der Waals surface area (Å²) in [6.07, 6.45) is 7.28. The van der Waals surface area contributed by atoms with E-state index in [0.29, 0.717) is 17.9 Å². The molecule has 0 spiro atoms. The van der Waals surface area contributed by atoms with Crippen molar-refractivity contribution in [2.75, 3.05) is 18.1 Å². The summed E-state index contributed by atoms with van der Waals surface area (Å²) in [5, 5.41) is 10.6. The first-order valence-electron chi connectivity index (χ1n) is 11.5. The quantitative estimate of drug-likeness (QED) is 0.416. The van der Waals surface area contributed by atoms with Gasteiger partial charge in [0.25, 0.3) is 0 Å². The number of aromatic amines is 1. The Hall–Kier alpha value is -3.62. The number of benzene rings is 1. The molecule has 1 fully saturated rings. The van der Waals surface area contributed by atoms with Crippen LogP contribution in [0.15, 0.2) is 30.9 Å². The maximum Gasteiger partial charge on any atom is 0.338 e. The Morgan fingerprint density at radius 2 is 2.18 bits per heavy atom. The smallest absolute Gasteiger partial charge is 0.338 e. The topological polar surface area (TPSA) is 109 Å². The van der Waals surface area contributed by atoms with E-state index in [9.17, 15) is 9.90 Å². The van der Waals surface area contributed by atoms with Gasteiger partial charge in [-0.15, -0.1) is 0 Å². The van der Waals surface area contributed by atoms with Crippen LogP contribution in [0.1, 0.15) is 48.7 Å². The molecule has 5 rings (SSSR count). The molecule has 0 saturated carbocycles. The molecule has 4 aromatic rings. The van der Waals surface area contributed by atoms with Crippen molar-refractivity contribution in [2.24, 2.45) is 0 Å². The highest BCUT2D eigenvalue weighted by Crippen LogP contribution is 2.32. The molecular weight excluding hydrogens is 420 g/mol. The summed E-state index contributed by atoms with van der Waals surface area (Å²) in [6, 6.07) is 5.94. The SMILES string of the molecule is CCCCn1c(C)c(C(=O)O)c2cc(OC[C@H]3CCCN3c3ncnc4[nH]cnc34)ccc21. The lowest BCUT2D eigenvalue weighted by molar-refractivity contribution is 0.0698. The third-order valence-electron chi connectivity index (χ3n) is 6.53. The van der Waals surface area contributed by atoms with Crippen LogP contribution in [0, 0.1) is 6.92 Å². The number of hydrogen-bond acceptors (Lipinski definition) is 6. The van der Waals surface area contributed by atoms with E-state index < -0.39 is 5.97 Å². The first kappa shape index (κ1) is 21.2. The predicted octanol–water partition coefficient (Wildman–Crippen LogP) is 4.16. The Balaban J connectivity index is 1.39. The van der Waals surface area contributed by atoms with Crippen molar-refractivity contribution in [3.05, 3.63) is 42.1 Å². The molecule has 1 saturated heterocycles. The Labute approximate surface area is 191 Å². The van der Waals surface area contributed by atoms with Gasteiger partial charge in [-0.1, -0.05) is 13.3 Å². The lowest BCUT2D eigenvalue weighted by Gasteiger charge is -2.25. The van der Waals surface area contributed by atoms with Crippen LogP contribution >= 0.6 is 0 Å². The van der Waals surface area contributed by atoms with Crippen LogP contribution in [-0.2, 0) is 6.54 Å². The van der Waals surface area contributed by atoms with Crippen molar-refractivity contribution >= 4 is 33.9 Å². The van der Waals surface area contributed by atoms with E-state index in [0.717, 1.165) is 72.4 Å². The van der Waals surface area contributed by atoms with Crippen molar-refractivity contribution in [3.8, 4) is 5.75 Å². The van der Waals surface area contributed by atoms with Gasteiger partial charge in [-0.05, 0) is 44.4 Å². The third kappa shape index (κ3) is 3.77. The molecule has 0 radical (unpaired) electrons. The molecule has 33 heavy (non-hydrogen) atoms. The maximum atomic E-state index is 12.0. The number of fused-ring (bicyclic) bond motifs is 2. The lowest BCUT2D eigenvalue weighted by Crippen LogP contribution is -2.35. The molecule has 0 bridgehead atoms. The van der Waals surface area contributed by atoms with E-state index in [1.165, 1.54) is 0 Å². The van der Waals surface area contributed by atoms with E-state index in [4.69, 9.17) is 4.74 Å². The number of rotatable bonds is 8. The molecule has 3 aromatic heterocycles. The van der Waals surface area contributed by atoms with Gasteiger partial charge in [-0.3, -0.25) is 0 Å². The number of H-pyrrole nitrogens is 1. The number of carboxylic acids is 1. The van der Waals surface area contributed by atoms with Crippen LogP contribution in [0.25, 0.3) is 22.1 Å². The number of ether oxygens (including phenoxy) is 1. The van der Waals surface area contributed by atoms with Crippen LogP contribution in [0.2, 0.25) is 0 Å². The van der Waals surface area contributed by atoms with Crippen LogP contribution in [-0.4, -0.2) is 54.8 Å². The summed E-state index contributed by atoms with van der Waals surface area (Å²) in [5.74, 6) is 0.593. The summed E-state index contributed by atoms with van der Waals surface area (Å²) in [6.45, 7) is 6.20. The number of carboxylic acid groups (broad SMARTS) is 1. The molecule has 9 nitrogen and oxygen atoms in total. The van der Waals surface area contributed by atoms with Gasteiger partial charge in [0.15, 0.2) is 11.5 Å². The van der Waals surface area contributed by atoms with Crippen LogP contribution in [0.3, 0.4) is 0 Å². The molecule has 1 aromatic carbocycles. The van der Waals surface area contributed by atoms with Gasteiger partial charge in [0.2, 0.25) is 0 Å². The first-order chi connectivity index (χ1) is 16.1. The lowest BCUT2D eigenvalue weighted by atomic mass is 10.1. The summed E-state index contributed by atoms with van der Waals surface area (Å²) >= 11 is 0. The van der Waals surface area contributed by atoms with Crippen molar-refractivity contribution in [2.45, 2.75) is 52.1 Å². The zero-order chi connectivity index (χ0) is 22.9. The zero-order valence-electron chi connectivity index (χ0n) is 18.9. The Morgan fingerprint density at radius 3 is 3.00 bits per heavy atom. The number of carbonyl (C=O) groups is 1. The molecule has 0 aliphatic carbocycles. The number of hydrogen-bond donors (Lipinski definition) is 2. The van der Waals surface area contributed by atoms with E-state index in [2.05, 4.69) is 36.3 Å². The van der Waals surface area contributed by atoms with Gasteiger partial charge in [-0.25, -0.2) is 19.7 Å². The number of anilines is 1. The summed E-state index contributed by atoms with van der Waals surface area (Å²) in [4.78, 5) is 30.4. The Kier molecular flexibility index (Phi) is 5.62. The largest absolute Gasteiger partial charge is 0.491 e. The summed E-state index contributed by atoms with van der Waals surface area (Å²) < 4.78 is 8.30. The highest BCUT2D eigenvalue weighted by Gasteiger charge is 2.29. The molecule has 2 N–H and O–H groups in total. The van der Waals surface area contributed by atoms with Gasteiger partial charge >= 0.3 is 5.97 Å². The fourth-order valence-electron chi connectivity index (χ4n) is 4.87. The average Bonchev–Trinajstić information content (AvgIpc) is 3.53. The highest BCUT2D eigenvalue weighted by molar-refractivity contribution is 6.05. The molecule has 1 atom stereocenters. The number of aromatic carboxylic acids is 1. The number of aryl methyl sites for hydroxylation is 1. The number of aromatic nitrogens is 5. The molecule has 0 amide bonds. The number of nitrogens with zero attached hydrogens (tertiary/aromatic N) is 5. The van der Waals surface area contributed by atoms with E-state index in [-0.39, 0.29) is 6.04 Å². The standard InChI is InChI=1S/C24H28N6O3/c1-3-4-9-29-15(2)20(24(31)32)18-11-17(7-8-19(18)29)33-12-16-6-5-10-30(16)23-21-22(26-13-25-21)27-14-28-23/h7-8,11,13-14,16H,3-6,9-10,12H2,1-2H3,(H,31,32)(H,25,26,27,28)/t16-/m1/s1. The van der Waals surface area contributed by atoms with E-state index in [1.54, 1.807) is 12.7 Å². The maximum absolute atomic E-state index is 12.0. The molecule has 0 unspecified atom stereocenters. The molecular formula is C24H28N6O3. The Morgan fingerprint density at radius 1 is 1.30 bits per heavy atom. The van der Waals surface area contributed by atoms with Crippen LogP contribution in [0.4, 0.5) is 5.82 Å². The average molecular weight is 449 g/mol. The molecule has 1 aliphatic heterocycles. The monoisotopic (exact) mass is 448 g/mol. The van der Waals surface area contributed by atoms with Crippen molar-refractivity contribution in [1.29, 1.82) is 0 Å². The molecule has 1 aliphatic rings. The van der Waals surface area contributed by atoms with Crippen molar-refractivity contribution in [1.82, 2.24) is 24.5 Å². The summed E-state index contributed by atoms with van der Waals surface area (Å²) in [7, 11) is 0. The van der Waals surface area contributed by atoms with Gasteiger partial charge in [-0.2, -0.15) is 0 Å². The van der Waals surface area contributed by atoms with Gasteiger partial charge in [0.05, 0.1) is 17.9 Å². The Bertz CT molecular complexity index is 1310. The minimum Gasteiger partial charge on any atom is -0.491 e. The van der Waals surface area contributed by atoms with E-state index in [1.807, 2.05) is 25.1 Å². The normalized spacial score (nSPS) is 16.2. The van der Waals surface area contributed by atoms with Crippen molar-refractivity contribution < 1.29 is 14.6 Å². The second-order valence-corrected chi connectivity index (χ2v) is 8.55. The van der Waals surface area contributed by atoms with Crippen molar-refractivity contribution in [3.63, 3.8) is 0 Å². The number of nitrogens with one attached hydrogen (secondary N) is 1. The van der Waals surface area contributed by atoms with E-state index >= 15 is 0 Å². The fraction of sp³-hybridized carbons (Fsp3) is 0.417. The number of imidazole rings is 1. The van der Waals surface area contributed by atoms with Crippen LogP contribution < -0.4 is 9.64 Å². The zero-order valence-corrected chi connectivity index (χ0v) is 18.9. The molecule has 172 valence electrons. The number of unbranched alkanes of at least 4 members (excludes halogenated alkanes) is 1. The minimum absolute atomic E-state index is 0.158. The van der Waals surface area contributed by atoms with Crippen LogP contribution in [0.5, 0.6) is 5.75 Å². The molecule has 9 heteroatoms. The fourth-order valence-corrected chi connectivity index (χ4v) is 4.87. The first-order valence-corrected chi connectivity index (χ1v) is 11.5. The van der Waals surface area contributed by atoms with Gasteiger partial charge in [0, 0.05) is 29.7 Å². The van der Waals surface area contributed by atoms with Gasteiger partial charge in [0.1, 0.15) is 24.2 Å². The second kappa shape index (κ2) is 8.73. The highest BCUT2D eigenvalue weighted by atomic mass is 16.5. The minimum atomic E-state index is -0.904. The predicted molar refractivity (Wildman–Crippen MR) is 126 cm³/mol.